The monoisotopic (exact) mass is 378 g/mol. The minimum atomic E-state index is 0.172. The minimum absolute atomic E-state index is 0.172. The van der Waals surface area contributed by atoms with Crippen LogP contribution in [0.15, 0.2) is 45.6 Å². The highest BCUT2D eigenvalue weighted by atomic mass is 79.9. The third kappa shape index (κ3) is 3.97. The molecule has 5 heteroatoms. The first-order valence-electron chi connectivity index (χ1n) is 7.50. The Morgan fingerprint density at radius 1 is 1.18 bits per heavy atom. The normalized spacial score (nSPS) is 16.5. The zero-order valence-electron chi connectivity index (χ0n) is 12.4. The Balaban J connectivity index is 1.59. The molecule has 3 nitrogen and oxygen atoms in total. The molecule has 1 aromatic carbocycles. The van der Waals surface area contributed by atoms with Gasteiger partial charge in [-0.1, -0.05) is 28.1 Å². The molecule has 1 aliphatic rings. The maximum absolute atomic E-state index is 12.4. The van der Waals surface area contributed by atoms with Crippen molar-refractivity contribution in [1.29, 1.82) is 0 Å². The average molecular weight is 379 g/mol. The van der Waals surface area contributed by atoms with Gasteiger partial charge in [-0.2, -0.15) is 11.3 Å². The van der Waals surface area contributed by atoms with Crippen LogP contribution in [0.4, 0.5) is 0 Å². The van der Waals surface area contributed by atoms with Crippen LogP contribution in [0.2, 0.25) is 0 Å². The fraction of sp³-hybridized carbons (Fsp3) is 0.353. The van der Waals surface area contributed by atoms with Crippen molar-refractivity contribution in [3.05, 3.63) is 56.7 Å². The summed E-state index contributed by atoms with van der Waals surface area (Å²) in [6.45, 7) is 4.58. The van der Waals surface area contributed by atoms with Crippen molar-refractivity contribution in [3.8, 4) is 0 Å². The van der Waals surface area contributed by atoms with E-state index in [1.165, 1.54) is 5.56 Å². The molecule has 0 unspecified atom stereocenters. The van der Waals surface area contributed by atoms with Crippen LogP contribution in [-0.2, 0) is 6.54 Å². The number of carbonyl (C=O) groups excluding carboxylic acids is 1. The number of benzene rings is 1. The third-order valence-corrected chi connectivity index (χ3v) is 5.12. The SMILES string of the molecule is O=C(c1ccsc1)N1CCCN(Cc2cccc(Br)c2)CC1. The lowest BCUT2D eigenvalue weighted by Crippen LogP contribution is -2.34. The van der Waals surface area contributed by atoms with Crippen molar-refractivity contribution >= 4 is 33.2 Å². The predicted octanol–water partition coefficient (Wildman–Crippen LogP) is 3.86. The van der Waals surface area contributed by atoms with Gasteiger partial charge in [-0.05, 0) is 35.6 Å². The van der Waals surface area contributed by atoms with E-state index in [1.54, 1.807) is 11.3 Å². The van der Waals surface area contributed by atoms with Gasteiger partial charge in [0.25, 0.3) is 5.91 Å². The van der Waals surface area contributed by atoms with E-state index in [9.17, 15) is 4.79 Å². The Labute approximate surface area is 143 Å². The molecule has 0 spiro atoms. The lowest BCUT2D eigenvalue weighted by Gasteiger charge is -2.22. The van der Waals surface area contributed by atoms with Crippen LogP contribution >= 0.6 is 27.3 Å². The quantitative estimate of drug-likeness (QED) is 0.809. The van der Waals surface area contributed by atoms with Gasteiger partial charge in [0.05, 0.1) is 5.56 Å². The zero-order chi connectivity index (χ0) is 15.4. The van der Waals surface area contributed by atoms with Gasteiger partial charge in [0, 0.05) is 42.6 Å². The zero-order valence-corrected chi connectivity index (χ0v) is 14.8. The van der Waals surface area contributed by atoms with Gasteiger partial charge in [0.15, 0.2) is 0 Å². The topological polar surface area (TPSA) is 23.6 Å². The Morgan fingerprint density at radius 2 is 2.09 bits per heavy atom. The second kappa shape index (κ2) is 7.40. The van der Waals surface area contributed by atoms with E-state index < -0.39 is 0 Å². The van der Waals surface area contributed by atoms with Gasteiger partial charge in [0.2, 0.25) is 0 Å². The van der Waals surface area contributed by atoms with Gasteiger partial charge in [0.1, 0.15) is 0 Å². The maximum atomic E-state index is 12.4. The molecule has 3 rings (SSSR count). The van der Waals surface area contributed by atoms with E-state index in [0.29, 0.717) is 0 Å². The Bertz CT molecular complexity index is 629. The fourth-order valence-corrected chi connectivity index (χ4v) is 3.87. The molecular formula is C17H19BrN2OS. The van der Waals surface area contributed by atoms with E-state index in [2.05, 4.69) is 39.0 Å². The van der Waals surface area contributed by atoms with Crippen LogP contribution in [-0.4, -0.2) is 41.9 Å². The average Bonchev–Trinajstić information content (AvgIpc) is 2.94. The Hall–Kier alpha value is -1.17. The number of hydrogen-bond donors (Lipinski definition) is 0. The first-order valence-corrected chi connectivity index (χ1v) is 9.24. The summed E-state index contributed by atoms with van der Waals surface area (Å²) in [6, 6.07) is 10.4. The van der Waals surface area contributed by atoms with Crippen molar-refractivity contribution in [3.63, 3.8) is 0 Å². The van der Waals surface area contributed by atoms with Crippen molar-refractivity contribution < 1.29 is 4.79 Å². The first kappa shape index (κ1) is 15.7. The third-order valence-electron chi connectivity index (χ3n) is 3.94. The van der Waals surface area contributed by atoms with E-state index in [-0.39, 0.29) is 5.91 Å². The summed E-state index contributed by atoms with van der Waals surface area (Å²) in [5.41, 5.74) is 2.14. The van der Waals surface area contributed by atoms with Crippen LogP contribution in [0.1, 0.15) is 22.3 Å². The molecule has 22 heavy (non-hydrogen) atoms. The molecule has 1 aromatic heterocycles. The van der Waals surface area contributed by atoms with E-state index in [4.69, 9.17) is 0 Å². The molecule has 116 valence electrons. The summed E-state index contributed by atoms with van der Waals surface area (Å²) in [6.07, 6.45) is 1.03. The van der Waals surface area contributed by atoms with Crippen molar-refractivity contribution in [2.75, 3.05) is 26.2 Å². The highest BCUT2D eigenvalue weighted by molar-refractivity contribution is 9.10. The van der Waals surface area contributed by atoms with Crippen LogP contribution < -0.4 is 0 Å². The number of thiophene rings is 1. The summed E-state index contributed by atoms with van der Waals surface area (Å²) < 4.78 is 1.12. The molecule has 0 aliphatic carbocycles. The lowest BCUT2D eigenvalue weighted by atomic mass is 10.2. The first-order chi connectivity index (χ1) is 10.7. The van der Waals surface area contributed by atoms with Gasteiger partial charge >= 0.3 is 0 Å². The van der Waals surface area contributed by atoms with Crippen LogP contribution in [0.25, 0.3) is 0 Å². The lowest BCUT2D eigenvalue weighted by molar-refractivity contribution is 0.0761. The summed E-state index contributed by atoms with van der Waals surface area (Å²) in [5, 5.41) is 3.90. The second-order valence-electron chi connectivity index (χ2n) is 5.56. The molecule has 1 saturated heterocycles. The van der Waals surface area contributed by atoms with E-state index in [1.807, 2.05) is 27.8 Å². The highest BCUT2D eigenvalue weighted by Gasteiger charge is 2.20. The molecule has 1 aliphatic heterocycles. The molecule has 2 aromatic rings. The number of hydrogen-bond acceptors (Lipinski definition) is 3. The Kier molecular flexibility index (Phi) is 5.28. The molecular weight excluding hydrogens is 360 g/mol. The number of rotatable bonds is 3. The molecule has 0 bridgehead atoms. The van der Waals surface area contributed by atoms with Crippen LogP contribution in [0.3, 0.4) is 0 Å². The molecule has 0 radical (unpaired) electrons. The van der Waals surface area contributed by atoms with Crippen molar-refractivity contribution in [2.45, 2.75) is 13.0 Å². The van der Waals surface area contributed by atoms with E-state index in [0.717, 1.165) is 49.2 Å². The molecule has 1 amide bonds. The number of carbonyl (C=O) groups is 1. The van der Waals surface area contributed by atoms with Crippen molar-refractivity contribution in [1.82, 2.24) is 9.80 Å². The summed E-state index contributed by atoms with van der Waals surface area (Å²) in [5.74, 6) is 0.172. The highest BCUT2D eigenvalue weighted by Crippen LogP contribution is 2.16. The van der Waals surface area contributed by atoms with Crippen molar-refractivity contribution in [2.24, 2.45) is 0 Å². The summed E-state index contributed by atoms with van der Waals surface area (Å²) in [4.78, 5) is 16.9. The summed E-state index contributed by atoms with van der Waals surface area (Å²) >= 11 is 5.10. The number of nitrogens with zero attached hydrogens (tertiary/aromatic N) is 2. The summed E-state index contributed by atoms with van der Waals surface area (Å²) in [7, 11) is 0. The second-order valence-corrected chi connectivity index (χ2v) is 7.26. The van der Waals surface area contributed by atoms with Gasteiger partial charge in [-0.15, -0.1) is 0 Å². The number of halogens is 1. The minimum Gasteiger partial charge on any atom is -0.337 e. The Morgan fingerprint density at radius 3 is 2.86 bits per heavy atom. The van der Waals surface area contributed by atoms with Gasteiger partial charge in [-0.25, -0.2) is 0 Å². The van der Waals surface area contributed by atoms with Crippen LogP contribution in [0, 0.1) is 0 Å². The maximum Gasteiger partial charge on any atom is 0.254 e. The van der Waals surface area contributed by atoms with E-state index >= 15 is 0 Å². The largest absolute Gasteiger partial charge is 0.337 e. The van der Waals surface area contributed by atoms with Crippen LogP contribution in [0.5, 0.6) is 0 Å². The standard InChI is InChI=1S/C17H19BrN2OS/c18-16-4-1-3-14(11-16)12-19-6-2-7-20(9-8-19)17(21)15-5-10-22-13-15/h1,3-5,10-11,13H,2,6-9,12H2. The molecule has 0 atom stereocenters. The molecule has 2 heterocycles. The molecule has 1 fully saturated rings. The molecule has 0 saturated carbocycles. The van der Waals surface area contributed by atoms with Gasteiger partial charge < -0.3 is 4.90 Å². The predicted molar refractivity (Wildman–Crippen MR) is 94.3 cm³/mol. The van der Waals surface area contributed by atoms with Gasteiger partial charge in [-0.3, -0.25) is 9.69 Å². The smallest absolute Gasteiger partial charge is 0.254 e. The number of amides is 1. The fourth-order valence-electron chi connectivity index (χ4n) is 2.79. The molecule has 0 N–H and O–H groups in total.